The van der Waals surface area contributed by atoms with E-state index in [1.54, 1.807) is 11.0 Å². The SMILES string of the molecule is O=C(O[C@@H]1CC[C@@H](c2cccc(F)c2)C1O)N1CCCC1. The second-order valence-corrected chi connectivity index (χ2v) is 5.85. The molecule has 3 rings (SSSR count). The first-order valence-corrected chi connectivity index (χ1v) is 7.54. The molecular formula is C16H20FNO3. The fourth-order valence-electron chi connectivity index (χ4n) is 3.28. The molecule has 1 heterocycles. The monoisotopic (exact) mass is 293 g/mol. The van der Waals surface area contributed by atoms with E-state index in [1.165, 1.54) is 12.1 Å². The van der Waals surface area contributed by atoms with E-state index >= 15 is 0 Å². The van der Waals surface area contributed by atoms with Crippen LogP contribution in [0.3, 0.4) is 0 Å². The molecule has 0 bridgehead atoms. The van der Waals surface area contributed by atoms with Gasteiger partial charge in [-0.25, -0.2) is 9.18 Å². The third kappa shape index (κ3) is 3.02. The molecule has 1 unspecified atom stereocenters. The molecule has 2 fully saturated rings. The topological polar surface area (TPSA) is 49.8 Å². The lowest BCUT2D eigenvalue weighted by Gasteiger charge is -2.23. The summed E-state index contributed by atoms with van der Waals surface area (Å²) in [5.41, 5.74) is 0.766. The van der Waals surface area contributed by atoms with Gasteiger partial charge in [0, 0.05) is 19.0 Å². The number of benzene rings is 1. The van der Waals surface area contributed by atoms with Crippen LogP contribution in [0.2, 0.25) is 0 Å². The van der Waals surface area contributed by atoms with Crippen LogP contribution in [0.1, 0.15) is 37.2 Å². The summed E-state index contributed by atoms with van der Waals surface area (Å²) in [6.07, 6.45) is 1.73. The number of halogens is 1. The summed E-state index contributed by atoms with van der Waals surface area (Å²) >= 11 is 0. The molecule has 2 aliphatic rings. The third-order valence-corrected chi connectivity index (χ3v) is 4.45. The number of aliphatic hydroxyl groups is 1. The van der Waals surface area contributed by atoms with Crippen molar-refractivity contribution in [1.82, 2.24) is 4.90 Å². The maximum atomic E-state index is 13.3. The van der Waals surface area contributed by atoms with Crippen molar-refractivity contribution in [3.8, 4) is 0 Å². The molecule has 1 aliphatic carbocycles. The quantitative estimate of drug-likeness (QED) is 0.912. The van der Waals surface area contributed by atoms with Crippen LogP contribution in [-0.4, -0.2) is 41.4 Å². The number of likely N-dealkylation sites (tertiary alicyclic amines) is 1. The molecule has 4 nitrogen and oxygen atoms in total. The van der Waals surface area contributed by atoms with Gasteiger partial charge in [-0.15, -0.1) is 0 Å². The summed E-state index contributed by atoms with van der Waals surface area (Å²) in [7, 11) is 0. The summed E-state index contributed by atoms with van der Waals surface area (Å²) in [6.45, 7) is 1.46. The van der Waals surface area contributed by atoms with Crippen molar-refractivity contribution in [3.05, 3.63) is 35.6 Å². The second kappa shape index (κ2) is 6.02. The zero-order valence-electron chi connectivity index (χ0n) is 11.9. The molecule has 1 aromatic carbocycles. The van der Waals surface area contributed by atoms with E-state index in [2.05, 4.69) is 0 Å². The fraction of sp³-hybridized carbons (Fsp3) is 0.562. The lowest BCUT2D eigenvalue weighted by atomic mass is 9.95. The van der Waals surface area contributed by atoms with Crippen molar-refractivity contribution in [2.75, 3.05) is 13.1 Å². The van der Waals surface area contributed by atoms with E-state index in [1.807, 2.05) is 6.07 Å². The Balaban J connectivity index is 1.63. The first-order valence-electron chi connectivity index (χ1n) is 7.54. The Hall–Kier alpha value is -1.62. The van der Waals surface area contributed by atoms with Crippen LogP contribution in [0.5, 0.6) is 0 Å². The smallest absolute Gasteiger partial charge is 0.410 e. The van der Waals surface area contributed by atoms with Gasteiger partial charge in [-0.3, -0.25) is 0 Å². The van der Waals surface area contributed by atoms with Gasteiger partial charge >= 0.3 is 6.09 Å². The number of amides is 1. The van der Waals surface area contributed by atoms with Gasteiger partial charge in [0.15, 0.2) is 0 Å². The van der Waals surface area contributed by atoms with Crippen LogP contribution >= 0.6 is 0 Å². The summed E-state index contributed by atoms with van der Waals surface area (Å²) in [5.74, 6) is -0.478. The van der Waals surface area contributed by atoms with E-state index in [0.717, 1.165) is 31.5 Å². The van der Waals surface area contributed by atoms with Crippen molar-refractivity contribution in [2.24, 2.45) is 0 Å². The largest absolute Gasteiger partial charge is 0.443 e. The molecule has 1 aromatic rings. The Kier molecular flexibility index (Phi) is 4.10. The van der Waals surface area contributed by atoms with Gasteiger partial charge < -0.3 is 14.7 Å². The van der Waals surface area contributed by atoms with Crippen LogP contribution in [0.25, 0.3) is 0 Å². The Bertz CT molecular complexity index is 516. The van der Waals surface area contributed by atoms with Gasteiger partial charge in [-0.05, 0) is 43.4 Å². The minimum Gasteiger partial charge on any atom is -0.443 e. The second-order valence-electron chi connectivity index (χ2n) is 5.85. The zero-order valence-corrected chi connectivity index (χ0v) is 11.9. The molecular weight excluding hydrogens is 273 g/mol. The van der Waals surface area contributed by atoms with E-state index in [9.17, 15) is 14.3 Å². The third-order valence-electron chi connectivity index (χ3n) is 4.45. The number of nitrogens with zero attached hydrogens (tertiary/aromatic N) is 1. The maximum Gasteiger partial charge on any atom is 0.410 e. The Labute approximate surface area is 123 Å². The highest BCUT2D eigenvalue weighted by molar-refractivity contribution is 5.68. The molecule has 0 spiro atoms. The summed E-state index contributed by atoms with van der Waals surface area (Å²) in [6, 6.07) is 6.27. The van der Waals surface area contributed by atoms with Crippen LogP contribution in [0.4, 0.5) is 9.18 Å². The van der Waals surface area contributed by atoms with Crippen molar-refractivity contribution >= 4 is 6.09 Å². The summed E-state index contributed by atoms with van der Waals surface area (Å²) in [4.78, 5) is 13.7. The van der Waals surface area contributed by atoms with Crippen LogP contribution in [-0.2, 0) is 4.74 Å². The first kappa shape index (κ1) is 14.3. The summed E-state index contributed by atoms with van der Waals surface area (Å²) in [5, 5.41) is 10.4. The molecule has 1 N–H and O–H groups in total. The van der Waals surface area contributed by atoms with Gasteiger partial charge in [-0.2, -0.15) is 0 Å². The van der Waals surface area contributed by atoms with E-state index in [0.29, 0.717) is 12.8 Å². The highest BCUT2D eigenvalue weighted by Crippen LogP contribution is 2.36. The number of ether oxygens (including phenoxy) is 1. The molecule has 0 radical (unpaired) electrons. The zero-order chi connectivity index (χ0) is 14.8. The normalized spacial score (nSPS) is 28.9. The standard InChI is InChI=1S/C16H20FNO3/c17-12-5-3-4-11(10-12)13-6-7-14(15(13)19)21-16(20)18-8-1-2-9-18/h3-5,10,13-15,19H,1-2,6-9H2/t13-,14+,15?/m0/s1. The van der Waals surface area contributed by atoms with Crippen molar-refractivity contribution < 1.29 is 19.0 Å². The number of hydrogen-bond donors (Lipinski definition) is 1. The van der Waals surface area contributed by atoms with Gasteiger partial charge in [0.2, 0.25) is 0 Å². The number of carbonyl (C=O) groups excluding carboxylic acids is 1. The van der Waals surface area contributed by atoms with Crippen LogP contribution in [0.15, 0.2) is 24.3 Å². The minimum absolute atomic E-state index is 0.169. The number of rotatable bonds is 2. The Morgan fingerprint density at radius 2 is 2.05 bits per heavy atom. The highest BCUT2D eigenvalue weighted by atomic mass is 19.1. The number of hydrogen-bond acceptors (Lipinski definition) is 3. The molecule has 1 saturated heterocycles. The Morgan fingerprint density at radius 3 is 2.76 bits per heavy atom. The van der Waals surface area contributed by atoms with Gasteiger partial charge in [0.1, 0.15) is 11.9 Å². The molecule has 1 amide bonds. The summed E-state index contributed by atoms with van der Waals surface area (Å²) < 4.78 is 18.7. The average Bonchev–Trinajstić information content (AvgIpc) is 3.10. The number of aliphatic hydroxyl groups excluding tert-OH is 1. The van der Waals surface area contributed by atoms with Crippen LogP contribution in [0, 0.1) is 5.82 Å². The first-order chi connectivity index (χ1) is 10.1. The minimum atomic E-state index is -0.765. The van der Waals surface area contributed by atoms with Gasteiger partial charge in [-0.1, -0.05) is 12.1 Å². The molecule has 114 valence electrons. The van der Waals surface area contributed by atoms with Crippen molar-refractivity contribution in [2.45, 2.75) is 43.8 Å². The Morgan fingerprint density at radius 1 is 1.29 bits per heavy atom. The number of carbonyl (C=O) groups is 1. The van der Waals surface area contributed by atoms with Crippen molar-refractivity contribution in [3.63, 3.8) is 0 Å². The lowest BCUT2D eigenvalue weighted by Crippen LogP contribution is -2.36. The van der Waals surface area contributed by atoms with E-state index in [4.69, 9.17) is 4.74 Å². The molecule has 0 aromatic heterocycles. The molecule has 1 aliphatic heterocycles. The predicted octanol–water partition coefficient (Wildman–Crippen LogP) is 2.67. The molecule has 5 heteroatoms. The van der Waals surface area contributed by atoms with Gasteiger partial charge in [0.05, 0.1) is 6.10 Å². The van der Waals surface area contributed by atoms with Crippen molar-refractivity contribution in [1.29, 1.82) is 0 Å². The van der Waals surface area contributed by atoms with Gasteiger partial charge in [0.25, 0.3) is 0 Å². The maximum absolute atomic E-state index is 13.3. The average molecular weight is 293 g/mol. The van der Waals surface area contributed by atoms with E-state index in [-0.39, 0.29) is 17.8 Å². The predicted molar refractivity (Wildman–Crippen MR) is 75.5 cm³/mol. The van der Waals surface area contributed by atoms with Crippen LogP contribution < -0.4 is 0 Å². The highest BCUT2D eigenvalue weighted by Gasteiger charge is 2.39. The van der Waals surface area contributed by atoms with E-state index < -0.39 is 12.2 Å². The molecule has 21 heavy (non-hydrogen) atoms. The fourth-order valence-corrected chi connectivity index (χ4v) is 3.28. The molecule has 1 saturated carbocycles. The lowest BCUT2D eigenvalue weighted by molar-refractivity contribution is 0.00282. The molecule has 3 atom stereocenters.